The maximum Gasteiger partial charge on any atom is 0.142 e. The average molecular weight is 320 g/mol. The van der Waals surface area contributed by atoms with E-state index < -0.39 is 0 Å². The highest BCUT2D eigenvalue weighted by atomic mass is 16.1. The molecule has 2 aliphatic heterocycles. The molecule has 2 bridgehead atoms. The van der Waals surface area contributed by atoms with Gasteiger partial charge in [-0.3, -0.25) is 14.7 Å². The molecule has 124 valence electrons. The number of nitrogens with zero attached hydrogens (tertiary/aromatic N) is 2. The first-order valence-corrected chi connectivity index (χ1v) is 9.02. The molecular weight excluding hydrogens is 296 g/mol. The maximum absolute atomic E-state index is 12.7. The smallest absolute Gasteiger partial charge is 0.142 e. The van der Waals surface area contributed by atoms with Crippen molar-refractivity contribution in [2.24, 2.45) is 5.92 Å². The summed E-state index contributed by atoms with van der Waals surface area (Å²) in [5.41, 5.74) is 2.29. The summed E-state index contributed by atoms with van der Waals surface area (Å²) in [4.78, 5) is 19.6. The summed E-state index contributed by atoms with van der Waals surface area (Å²) in [6, 6.07) is 17.7. The number of hydrogen-bond donors (Lipinski definition) is 0. The van der Waals surface area contributed by atoms with Crippen LogP contribution in [-0.2, 0) is 17.8 Å². The van der Waals surface area contributed by atoms with E-state index in [1.54, 1.807) is 6.20 Å². The number of ketones is 1. The minimum absolute atomic E-state index is 0.219. The summed E-state index contributed by atoms with van der Waals surface area (Å²) >= 11 is 0. The molecule has 0 spiro atoms. The third-order valence-corrected chi connectivity index (χ3v) is 5.63. The van der Waals surface area contributed by atoms with Crippen molar-refractivity contribution in [2.45, 2.75) is 50.7 Å². The summed E-state index contributed by atoms with van der Waals surface area (Å²) in [6.07, 6.45) is 6.79. The van der Waals surface area contributed by atoms with E-state index in [9.17, 15) is 4.79 Å². The number of benzene rings is 1. The number of Topliss-reactive ketones (excluding diaryl/α,β-unsaturated/α-hetero) is 1. The zero-order valence-corrected chi connectivity index (χ0v) is 14.0. The Kier molecular flexibility index (Phi) is 4.44. The zero-order valence-electron chi connectivity index (χ0n) is 14.0. The fourth-order valence-electron chi connectivity index (χ4n) is 4.41. The van der Waals surface area contributed by atoms with Gasteiger partial charge >= 0.3 is 0 Å². The molecule has 2 unspecified atom stereocenters. The van der Waals surface area contributed by atoms with Crippen LogP contribution in [0.3, 0.4) is 0 Å². The molecule has 3 nitrogen and oxygen atoms in total. The van der Waals surface area contributed by atoms with Gasteiger partial charge in [0, 0.05) is 42.9 Å². The van der Waals surface area contributed by atoms with Crippen molar-refractivity contribution in [1.29, 1.82) is 0 Å². The Hall–Kier alpha value is -2.00. The Morgan fingerprint density at radius 2 is 1.71 bits per heavy atom. The van der Waals surface area contributed by atoms with Gasteiger partial charge in [0.15, 0.2) is 0 Å². The third kappa shape index (κ3) is 3.27. The topological polar surface area (TPSA) is 33.2 Å². The van der Waals surface area contributed by atoms with Gasteiger partial charge in [0.1, 0.15) is 5.78 Å². The van der Waals surface area contributed by atoms with Crippen molar-refractivity contribution in [3.8, 4) is 0 Å². The fraction of sp³-hybridized carbons (Fsp3) is 0.429. The molecule has 3 heterocycles. The molecule has 24 heavy (non-hydrogen) atoms. The van der Waals surface area contributed by atoms with E-state index in [-0.39, 0.29) is 5.92 Å². The lowest BCUT2D eigenvalue weighted by Crippen LogP contribution is -2.44. The summed E-state index contributed by atoms with van der Waals surface area (Å²) in [5, 5.41) is 0. The Balaban J connectivity index is 1.40. The fourth-order valence-corrected chi connectivity index (χ4v) is 4.41. The van der Waals surface area contributed by atoms with Crippen molar-refractivity contribution >= 4 is 5.78 Å². The number of fused-ring (bicyclic) bond motifs is 2. The van der Waals surface area contributed by atoms with Gasteiger partial charge in [-0.1, -0.05) is 36.4 Å². The van der Waals surface area contributed by atoms with Gasteiger partial charge in [-0.15, -0.1) is 0 Å². The molecule has 2 saturated heterocycles. The van der Waals surface area contributed by atoms with Crippen molar-refractivity contribution in [3.05, 3.63) is 66.0 Å². The van der Waals surface area contributed by atoms with Crippen LogP contribution in [0.4, 0.5) is 0 Å². The van der Waals surface area contributed by atoms with Crippen molar-refractivity contribution in [3.63, 3.8) is 0 Å². The third-order valence-electron chi connectivity index (χ3n) is 5.63. The Bertz CT molecular complexity index is 671. The lowest BCUT2D eigenvalue weighted by molar-refractivity contribution is -0.124. The highest BCUT2D eigenvalue weighted by molar-refractivity contribution is 5.83. The van der Waals surface area contributed by atoms with Gasteiger partial charge in [-0.05, 0) is 43.4 Å². The molecule has 0 aliphatic carbocycles. The first kappa shape index (κ1) is 15.5. The normalized spacial score (nSPS) is 26.4. The van der Waals surface area contributed by atoms with Crippen LogP contribution in [0.15, 0.2) is 54.7 Å². The molecule has 2 atom stereocenters. The van der Waals surface area contributed by atoms with Crippen LogP contribution in [0.2, 0.25) is 0 Å². The highest BCUT2D eigenvalue weighted by Crippen LogP contribution is 2.40. The SMILES string of the molecule is O=C(Cc1ccccn1)C1CC2CCC(C1)N2Cc1ccccc1. The van der Waals surface area contributed by atoms with E-state index in [0.29, 0.717) is 24.3 Å². The second kappa shape index (κ2) is 6.86. The number of carbonyl (C=O) groups excluding carboxylic acids is 1. The largest absolute Gasteiger partial charge is 0.299 e. The minimum atomic E-state index is 0.219. The molecule has 0 radical (unpaired) electrons. The van der Waals surface area contributed by atoms with Gasteiger partial charge in [0.25, 0.3) is 0 Å². The van der Waals surface area contributed by atoms with E-state index in [4.69, 9.17) is 0 Å². The molecule has 1 aromatic carbocycles. The van der Waals surface area contributed by atoms with Gasteiger partial charge < -0.3 is 0 Å². The van der Waals surface area contributed by atoms with E-state index >= 15 is 0 Å². The molecular formula is C21H24N2O. The lowest BCUT2D eigenvalue weighted by atomic mass is 9.85. The molecule has 0 N–H and O–H groups in total. The molecule has 2 aliphatic rings. The van der Waals surface area contributed by atoms with E-state index in [2.05, 4.69) is 40.2 Å². The number of carbonyl (C=O) groups is 1. The monoisotopic (exact) mass is 320 g/mol. The molecule has 4 rings (SSSR count). The van der Waals surface area contributed by atoms with Crippen LogP contribution in [0.25, 0.3) is 0 Å². The first-order valence-electron chi connectivity index (χ1n) is 9.02. The zero-order chi connectivity index (χ0) is 16.4. The number of pyridine rings is 1. The summed E-state index contributed by atoms with van der Waals surface area (Å²) in [6.45, 7) is 1.03. The van der Waals surface area contributed by atoms with Crippen LogP contribution < -0.4 is 0 Å². The van der Waals surface area contributed by atoms with E-state index in [1.807, 2.05) is 18.2 Å². The van der Waals surface area contributed by atoms with Crippen LogP contribution in [-0.4, -0.2) is 27.8 Å². The van der Waals surface area contributed by atoms with Gasteiger partial charge in [-0.2, -0.15) is 0 Å². The molecule has 2 aromatic rings. The quantitative estimate of drug-likeness (QED) is 0.843. The Morgan fingerprint density at radius 1 is 1.00 bits per heavy atom. The standard InChI is InChI=1S/C21H24N2O/c24-21(14-18-8-4-5-11-22-18)17-12-19-9-10-20(13-17)23(19)15-16-6-2-1-3-7-16/h1-8,11,17,19-20H,9-10,12-15H2. The van der Waals surface area contributed by atoms with Crippen LogP contribution in [0.1, 0.15) is 36.9 Å². The van der Waals surface area contributed by atoms with E-state index in [0.717, 1.165) is 25.1 Å². The minimum Gasteiger partial charge on any atom is -0.299 e. The van der Waals surface area contributed by atoms with Crippen LogP contribution in [0.5, 0.6) is 0 Å². The highest BCUT2D eigenvalue weighted by Gasteiger charge is 2.42. The van der Waals surface area contributed by atoms with Crippen LogP contribution in [0, 0.1) is 5.92 Å². The van der Waals surface area contributed by atoms with Gasteiger partial charge in [-0.25, -0.2) is 0 Å². The first-order chi connectivity index (χ1) is 11.8. The Morgan fingerprint density at radius 3 is 2.38 bits per heavy atom. The van der Waals surface area contributed by atoms with Crippen LogP contribution >= 0.6 is 0 Å². The van der Waals surface area contributed by atoms with Crippen molar-refractivity contribution in [2.75, 3.05) is 0 Å². The Labute approximate surface area is 143 Å². The van der Waals surface area contributed by atoms with E-state index in [1.165, 1.54) is 18.4 Å². The predicted molar refractivity (Wildman–Crippen MR) is 94.5 cm³/mol. The lowest BCUT2D eigenvalue weighted by Gasteiger charge is -2.38. The van der Waals surface area contributed by atoms with Crippen molar-refractivity contribution in [1.82, 2.24) is 9.88 Å². The second-order valence-corrected chi connectivity index (χ2v) is 7.18. The molecule has 0 saturated carbocycles. The molecule has 1 aromatic heterocycles. The summed E-state index contributed by atoms with van der Waals surface area (Å²) in [7, 11) is 0. The predicted octanol–water partition coefficient (Wildman–Crippen LogP) is 3.64. The second-order valence-electron chi connectivity index (χ2n) is 7.18. The number of aromatic nitrogens is 1. The number of hydrogen-bond acceptors (Lipinski definition) is 3. The summed E-state index contributed by atoms with van der Waals surface area (Å²) in [5.74, 6) is 0.599. The van der Waals surface area contributed by atoms with Gasteiger partial charge in [0.05, 0.1) is 0 Å². The van der Waals surface area contributed by atoms with Crippen molar-refractivity contribution < 1.29 is 4.79 Å². The molecule has 3 heteroatoms. The molecule has 0 amide bonds. The number of piperidine rings is 1. The summed E-state index contributed by atoms with van der Waals surface area (Å²) < 4.78 is 0. The van der Waals surface area contributed by atoms with Gasteiger partial charge in [0.2, 0.25) is 0 Å². The maximum atomic E-state index is 12.7. The number of rotatable bonds is 5. The molecule has 2 fully saturated rings. The average Bonchev–Trinajstić information content (AvgIpc) is 2.84.